The minimum atomic E-state index is -1.34. The molecule has 10 heteroatoms. The molecule has 1 aromatic rings. The van der Waals surface area contributed by atoms with Gasteiger partial charge in [0, 0.05) is 12.6 Å². The predicted molar refractivity (Wildman–Crippen MR) is 128 cm³/mol. The topological polar surface area (TPSA) is 151 Å². The molecular formula is C24H38N4O6. The minimum Gasteiger partial charge on any atom is -0.508 e. The highest BCUT2D eigenvalue weighted by molar-refractivity contribution is 5.94. The van der Waals surface area contributed by atoms with Gasteiger partial charge in [0.05, 0.1) is 6.42 Å². The lowest BCUT2D eigenvalue weighted by Gasteiger charge is -2.34. The molecule has 34 heavy (non-hydrogen) atoms. The quantitative estimate of drug-likeness (QED) is 0.383. The Kier molecular flexibility index (Phi) is 10.8. The second-order valence-electron chi connectivity index (χ2n) is 9.42. The molecule has 1 aromatic carbocycles. The normalized spacial score (nSPS) is 13.0. The lowest BCUT2D eigenvalue weighted by atomic mass is 10.0. The molecule has 0 saturated heterocycles. The molecule has 5 N–H and O–H groups in total. The molecule has 0 heterocycles. The zero-order chi connectivity index (χ0) is 26.1. The molecular weight excluding hydrogens is 440 g/mol. The van der Waals surface area contributed by atoms with Crippen molar-refractivity contribution < 1.29 is 29.0 Å². The summed E-state index contributed by atoms with van der Waals surface area (Å²) in [6.45, 7) is 10.7. The summed E-state index contributed by atoms with van der Waals surface area (Å²) in [5.41, 5.74) is 4.91. The molecule has 190 valence electrons. The fraction of sp³-hybridized carbons (Fsp3) is 0.583. The van der Waals surface area contributed by atoms with Gasteiger partial charge in [-0.1, -0.05) is 25.5 Å². The first kappa shape index (κ1) is 28.7. The standard InChI is InChI=1S/C24H38N4O6/c1-7-8-12-28(20(21(31)26-15(2)3)16-10-9-11-17(29)13-16)22(32)18(14-19(25)30)27-23(33)34-24(4,5)6/h9-11,13,15,18,20,29H,7-8,12,14H2,1-6H3,(H2,25,30)(H,26,31)(H,27,33). The van der Waals surface area contributed by atoms with Crippen LogP contribution in [-0.4, -0.2) is 58.1 Å². The van der Waals surface area contributed by atoms with Gasteiger partial charge >= 0.3 is 6.09 Å². The summed E-state index contributed by atoms with van der Waals surface area (Å²) < 4.78 is 5.24. The Hall–Kier alpha value is -3.30. The number of hydrogen-bond acceptors (Lipinski definition) is 6. The number of primary amides is 1. The van der Waals surface area contributed by atoms with E-state index in [1.54, 1.807) is 46.8 Å². The Balaban J connectivity index is 3.46. The van der Waals surface area contributed by atoms with Gasteiger partial charge in [-0.15, -0.1) is 0 Å². The Bertz CT molecular complexity index is 865. The van der Waals surface area contributed by atoms with E-state index < -0.39 is 47.9 Å². The lowest BCUT2D eigenvalue weighted by molar-refractivity contribution is -0.143. The Morgan fingerprint density at radius 1 is 1.15 bits per heavy atom. The molecule has 0 aromatic heterocycles. The van der Waals surface area contributed by atoms with E-state index in [0.717, 1.165) is 6.42 Å². The van der Waals surface area contributed by atoms with Gasteiger partial charge < -0.3 is 31.1 Å². The molecule has 0 aliphatic rings. The summed E-state index contributed by atoms with van der Waals surface area (Å²) in [6, 6.07) is 3.40. The number of nitrogens with zero attached hydrogens (tertiary/aromatic N) is 1. The average Bonchev–Trinajstić information content (AvgIpc) is 2.67. The van der Waals surface area contributed by atoms with Crippen molar-refractivity contribution in [3.8, 4) is 5.75 Å². The van der Waals surface area contributed by atoms with Crippen LogP contribution in [0.4, 0.5) is 4.79 Å². The third kappa shape index (κ3) is 9.68. The summed E-state index contributed by atoms with van der Waals surface area (Å²) in [6.07, 6.45) is -0.0732. The van der Waals surface area contributed by atoms with Crippen molar-refractivity contribution >= 4 is 23.8 Å². The molecule has 1 rings (SSSR count). The molecule has 2 atom stereocenters. The van der Waals surface area contributed by atoms with Crippen molar-refractivity contribution in [3.05, 3.63) is 29.8 Å². The third-order valence-electron chi connectivity index (χ3n) is 4.61. The molecule has 0 spiro atoms. The maximum Gasteiger partial charge on any atom is 0.408 e. The van der Waals surface area contributed by atoms with Crippen LogP contribution in [0.1, 0.15) is 72.4 Å². The second-order valence-corrected chi connectivity index (χ2v) is 9.42. The van der Waals surface area contributed by atoms with Gasteiger partial charge in [-0.05, 0) is 58.7 Å². The number of phenolic OH excluding ortho intramolecular Hbond substituents is 1. The molecule has 0 radical (unpaired) electrons. The van der Waals surface area contributed by atoms with Gasteiger partial charge in [0.2, 0.25) is 17.7 Å². The van der Waals surface area contributed by atoms with E-state index in [-0.39, 0.29) is 18.3 Å². The molecule has 0 aliphatic carbocycles. The third-order valence-corrected chi connectivity index (χ3v) is 4.61. The molecule has 0 fully saturated rings. The summed E-state index contributed by atoms with van der Waals surface area (Å²) in [4.78, 5) is 52.3. The molecule has 0 bridgehead atoms. The van der Waals surface area contributed by atoms with Crippen molar-refractivity contribution in [2.45, 2.75) is 84.5 Å². The van der Waals surface area contributed by atoms with E-state index in [0.29, 0.717) is 12.0 Å². The predicted octanol–water partition coefficient (Wildman–Crippen LogP) is 2.36. The van der Waals surface area contributed by atoms with E-state index in [4.69, 9.17) is 10.5 Å². The van der Waals surface area contributed by atoms with Gasteiger partial charge in [-0.3, -0.25) is 14.4 Å². The number of unbranched alkanes of at least 4 members (excludes halogenated alkanes) is 1. The van der Waals surface area contributed by atoms with E-state index in [1.807, 2.05) is 6.92 Å². The van der Waals surface area contributed by atoms with Gasteiger partial charge in [0.1, 0.15) is 23.4 Å². The van der Waals surface area contributed by atoms with Crippen LogP contribution in [0.3, 0.4) is 0 Å². The van der Waals surface area contributed by atoms with Crippen LogP contribution in [0.5, 0.6) is 5.75 Å². The molecule has 2 unspecified atom stereocenters. The first-order valence-electron chi connectivity index (χ1n) is 11.4. The number of phenols is 1. The van der Waals surface area contributed by atoms with Crippen LogP contribution in [0.25, 0.3) is 0 Å². The minimum absolute atomic E-state index is 0.0664. The van der Waals surface area contributed by atoms with Crippen LogP contribution in [0.15, 0.2) is 24.3 Å². The first-order chi connectivity index (χ1) is 15.7. The zero-order valence-electron chi connectivity index (χ0n) is 20.9. The number of ether oxygens (including phenoxy) is 1. The van der Waals surface area contributed by atoms with E-state index >= 15 is 0 Å². The van der Waals surface area contributed by atoms with Crippen molar-refractivity contribution in [1.82, 2.24) is 15.5 Å². The van der Waals surface area contributed by atoms with Crippen LogP contribution in [-0.2, 0) is 19.1 Å². The Morgan fingerprint density at radius 3 is 2.29 bits per heavy atom. The van der Waals surface area contributed by atoms with Gasteiger partial charge in [0.25, 0.3) is 0 Å². The maximum absolute atomic E-state index is 13.7. The molecule has 4 amide bonds. The lowest BCUT2D eigenvalue weighted by Crippen LogP contribution is -2.54. The maximum atomic E-state index is 13.7. The molecule has 0 aliphatic heterocycles. The van der Waals surface area contributed by atoms with Crippen molar-refractivity contribution in [2.75, 3.05) is 6.54 Å². The number of rotatable bonds is 11. The largest absolute Gasteiger partial charge is 0.508 e. The fourth-order valence-corrected chi connectivity index (χ4v) is 3.28. The summed E-state index contributed by atoms with van der Waals surface area (Å²) in [5.74, 6) is -1.99. The smallest absolute Gasteiger partial charge is 0.408 e. The summed E-state index contributed by atoms with van der Waals surface area (Å²) >= 11 is 0. The second kappa shape index (κ2) is 12.8. The number of aromatic hydroxyl groups is 1. The van der Waals surface area contributed by atoms with Crippen molar-refractivity contribution in [1.29, 1.82) is 0 Å². The van der Waals surface area contributed by atoms with E-state index in [2.05, 4.69) is 10.6 Å². The van der Waals surface area contributed by atoms with Crippen molar-refractivity contribution in [2.24, 2.45) is 5.73 Å². The van der Waals surface area contributed by atoms with Crippen LogP contribution in [0, 0.1) is 0 Å². The number of alkyl carbamates (subject to hydrolysis) is 1. The number of carbonyl (C=O) groups is 4. The van der Waals surface area contributed by atoms with E-state index in [1.165, 1.54) is 17.0 Å². The number of amides is 4. The Morgan fingerprint density at radius 2 is 1.79 bits per heavy atom. The number of carbonyl (C=O) groups excluding carboxylic acids is 4. The molecule has 0 saturated carbocycles. The first-order valence-corrected chi connectivity index (χ1v) is 11.4. The highest BCUT2D eigenvalue weighted by Crippen LogP contribution is 2.26. The van der Waals surface area contributed by atoms with Gasteiger partial charge in [-0.25, -0.2) is 4.79 Å². The zero-order valence-corrected chi connectivity index (χ0v) is 20.9. The highest BCUT2D eigenvalue weighted by atomic mass is 16.6. The monoisotopic (exact) mass is 478 g/mol. The average molecular weight is 479 g/mol. The number of hydrogen-bond donors (Lipinski definition) is 4. The fourth-order valence-electron chi connectivity index (χ4n) is 3.28. The SMILES string of the molecule is CCCCN(C(=O)C(CC(N)=O)NC(=O)OC(C)(C)C)C(C(=O)NC(C)C)c1cccc(O)c1. The number of nitrogens with two attached hydrogens (primary N) is 1. The summed E-state index contributed by atoms with van der Waals surface area (Å²) in [7, 11) is 0. The van der Waals surface area contributed by atoms with Gasteiger partial charge in [0.15, 0.2) is 0 Å². The Labute approximate surface area is 201 Å². The molecule has 10 nitrogen and oxygen atoms in total. The highest BCUT2D eigenvalue weighted by Gasteiger charge is 2.37. The van der Waals surface area contributed by atoms with E-state index in [9.17, 15) is 24.3 Å². The van der Waals surface area contributed by atoms with Crippen LogP contribution >= 0.6 is 0 Å². The van der Waals surface area contributed by atoms with Crippen LogP contribution in [0.2, 0.25) is 0 Å². The van der Waals surface area contributed by atoms with Gasteiger partial charge in [-0.2, -0.15) is 0 Å². The van der Waals surface area contributed by atoms with Crippen LogP contribution < -0.4 is 16.4 Å². The van der Waals surface area contributed by atoms with Crippen molar-refractivity contribution in [3.63, 3.8) is 0 Å². The number of benzene rings is 1. The number of nitrogens with one attached hydrogen (secondary N) is 2. The summed E-state index contributed by atoms with van der Waals surface area (Å²) in [5, 5.41) is 15.2.